The number of carbonyl (C=O) groups is 4. The number of carbonyl (C=O) groups excluding carboxylic acids is 4. The molecule has 0 N–H and O–H groups in total. The fourth-order valence-electron chi connectivity index (χ4n) is 2.18. The van der Waals surface area contributed by atoms with E-state index in [0.717, 1.165) is 0 Å². The predicted octanol–water partition coefficient (Wildman–Crippen LogP) is 3.42. The zero-order chi connectivity index (χ0) is 17.5. The predicted molar refractivity (Wildman–Crippen MR) is 88.2 cm³/mol. The summed E-state index contributed by atoms with van der Waals surface area (Å²) >= 11 is 0. The number of hydrogen-bond acceptors (Lipinski definition) is 5. The molecule has 0 aliphatic carbocycles. The van der Waals surface area contributed by atoms with Gasteiger partial charge in [-0.05, 0) is 49.4 Å². The summed E-state index contributed by atoms with van der Waals surface area (Å²) in [6, 6.07) is 10.6. The number of hydrogen-bond donors (Lipinski definition) is 0. The first kappa shape index (κ1) is 17.1. The van der Waals surface area contributed by atoms with Crippen LogP contribution in [0.4, 0.5) is 16.2 Å². The van der Waals surface area contributed by atoms with E-state index >= 15 is 0 Å². The van der Waals surface area contributed by atoms with Crippen LogP contribution in [-0.4, -0.2) is 31.6 Å². The highest BCUT2D eigenvalue weighted by Crippen LogP contribution is 2.29. The Hall–Kier alpha value is -3.28. The summed E-state index contributed by atoms with van der Waals surface area (Å²) in [6.45, 7) is 1.83. The number of aldehydes is 3. The van der Waals surface area contributed by atoms with E-state index in [0.29, 0.717) is 35.7 Å². The number of anilines is 2. The average molecular weight is 325 g/mol. The third-order valence-corrected chi connectivity index (χ3v) is 3.29. The Morgan fingerprint density at radius 2 is 1.58 bits per heavy atom. The Bertz CT molecular complexity index is 767. The van der Waals surface area contributed by atoms with E-state index in [1.54, 1.807) is 31.2 Å². The molecule has 0 bridgehead atoms. The molecule has 0 radical (unpaired) electrons. The minimum atomic E-state index is -0.668. The molecule has 6 nitrogen and oxygen atoms in total. The molecule has 6 heteroatoms. The standard InChI is InChI=1S/C18H15NO5/c1-2-24-18(23)19(16-6-3-13(10-20)4-7-16)17-8-5-14(11-21)9-15(17)12-22/h3-12H,2H2,1H3. The van der Waals surface area contributed by atoms with Crippen LogP contribution in [0.1, 0.15) is 38.0 Å². The van der Waals surface area contributed by atoms with Crippen molar-refractivity contribution in [1.82, 2.24) is 0 Å². The van der Waals surface area contributed by atoms with Gasteiger partial charge in [-0.3, -0.25) is 14.4 Å². The second-order valence-electron chi connectivity index (χ2n) is 4.80. The SMILES string of the molecule is CCOC(=O)N(c1ccc(C=O)cc1)c1ccc(C=O)cc1C=O. The van der Waals surface area contributed by atoms with Gasteiger partial charge in [0.05, 0.1) is 18.0 Å². The minimum absolute atomic E-state index is 0.157. The van der Waals surface area contributed by atoms with Gasteiger partial charge in [-0.25, -0.2) is 9.69 Å². The molecule has 0 heterocycles. The van der Waals surface area contributed by atoms with Crippen molar-refractivity contribution in [3.05, 3.63) is 59.2 Å². The third kappa shape index (κ3) is 3.55. The van der Waals surface area contributed by atoms with Gasteiger partial charge in [0.2, 0.25) is 0 Å². The molecule has 1 amide bonds. The molecule has 2 aromatic rings. The Morgan fingerprint density at radius 3 is 2.12 bits per heavy atom. The lowest BCUT2D eigenvalue weighted by atomic mass is 10.1. The minimum Gasteiger partial charge on any atom is -0.449 e. The van der Waals surface area contributed by atoms with Crippen LogP contribution < -0.4 is 4.90 Å². The highest BCUT2D eigenvalue weighted by atomic mass is 16.6. The average Bonchev–Trinajstić information content (AvgIpc) is 2.63. The molecule has 0 atom stereocenters. The van der Waals surface area contributed by atoms with Gasteiger partial charge < -0.3 is 4.74 Å². The molecule has 0 fully saturated rings. The van der Waals surface area contributed by atoms with Crippen molar-refractivity contribution < 1.29 is 23.9 Å². The Kier molecular flexibility index (Phi) is 5.57. The van der Waals surface area contributed by atoms with Crippen molar-refractivity contribution in [3.63, 3.8) is 0 Å². The summed E-state index contributed by atoms with van der Waals surface area (Å²) in [6.07, 6.45) is 1.20. The zero-order valence-corrected chi connectivity index (χ0v) is 13.0. The van der Waals surface area contributed by atoms with Gasteiger partial charge in [-0.2, -0.15) is 0 Å². The van der Waals surface area contributed by atoms with Crippen LogP contribution in [0.2, 0.25) is 0 Å². The summed E-state index contributed by atoms with van der Waals surface area (Å²) in [5.74, 6) is 0. The molecule has 24 heavy (non-hydrogen) atoms. The van der Waals surface area contributed by atoms with E-state index in [4.69, 9.17) is 4.74 Å². The summed E-state index contributed by atoms with van der Waals surface area (Å²) in [5, 5.41) is 0. The van der Waals surface area contributed by atoms with Gasteiger partial charge in [0, 0.05) is 16.7 Å². The van der Waals surface area contributed by atoms with E-state index in [1.807, 2.05) is 0 Å². The summed E-state index contributed by atoms with van der Waals surface area (Å²) < 4.78 is 5.06. The lowest BCUT2D eigenvalue weighted by molar-refractivity contribution is 0.111. The smallest absolute Gasteiger partial charge is 0.418 e. The van der Waals surface area contributed by atoms with Gasteiger partial charge >= 0.3 is 6.09 Å². The summed E-state index contributed by atoms with van der Waals surface area (Å²) in [7, 11) is 0. The van der Waals surface area contributed by atoms with Crippen LogP contribution in [0.5, 0.6) is 0 Å². The quantitative estimate of drug-likeness (QED) is 0.760. The molecular formula is C18H15NO5. The largest absolute Gasteiger partial charge is 0.449 e. The van der Waals surface area contributed by atoms with Gasteiger partial charge in [-0.15, -0.1) is 0 Å². The molecule has 2 aromatic carbocycles. The zero-order valence-electron chi connectivity index (χ0n) is 13.0. The van der Waals surface area contributed by atoms with Crippen LogP contribution in [-0.2, 0) is 4.74 Å². The van der Waals surface area contributed by atoms with Gasteiger partial charge in [0.1, 0.15) is 12.6 Å². The normalized spacial score (nSPS) is 9.88. The molecule has 0 saturated heterocycles. The first-order chi connectivity index (χ1) is 11.6. The topological polar surface area (TPSA) is 80.8 Å². The number of amides is 1. The monoisotopic (exact) mass is 325 g/mol. The molecule has 0 aliphatic heterocycles. The highest BCUT2D eigenvalue weighted by molar-refractivity contribution is 6.02. The maximum absolute atomic E-state index is 12.4. The fourth-order valence-corrected chi connectivity index (χ4v) is 2.18. The van der Waals surface area contributed by atoms with Crippen LogP contribution >= 0.6 is 0 Å². The first-order valence-corrected chi connectivity index (χ1v) is 7.21. The molecule has 0 aromatic heterocycles. The maximum Gasteiger partial charge on any atom is 0.418 e. The second-order valence-corrected chi connectivity index (χ2v) is 4.80. The lowest BCUT2D eigenvalue weighted by Gasteiger charge is -2.23. The molecule has 0 unspecified atom stereocenters. The van der Waals surface area contributed by atoms with Crippen LogP contribution in [0.25, 0.3) is 0 Å². The molecule has 0 saturated carbocycles. The first-order valence-electron chi connectivity index (χ1n) is 7.21. The molecular weight excluding hydrogens is 310 g/mol. The number of rotatable bonds is 6. The molecule has 0 spiro atoms. The van der Waals surface area contributed by atoms with Crippen LogP contribution in [0.15, 0.2) is 42.5 Å². The Labute approximate surface area is 138 Å². The maximum atomic E-state index is 12.4. The fraction of sp³-hybridized carbons (Fsp3) is 0.111. The van der Waals surface area contributed by atoms with Crippen molar-refractivity contribution in [2.75, 3.05) is 11.5 Å². The molecule has 122 valence electrons. The van der Waals surface area contributed by atoms with E-state index in [2.05, 4.69) is 0 Å². The van der Waals surface area contributed by atoms with Gasteiger partial charge in [0.25, 0.3) is 0 Å². The van der Waals surface area contributed by atoms with E-state index in [-0.39, 0.29) is 17.9 Å². The summed E-state index contributed by atoms with van der Waals surface area (Å²) in [4.78, 5) is 46.6. The number of ether oxygens (including phenoxy) is 1. The summed E-state index contributed by atoms with van der Waals surface area (Å²) in [5.41, 5.74) is 1.66. The van der Waals surface area contributed by atoms with Gasteiger partial charge in [-0.1, -0.05) is 0 Å². The lowest BCUT2D eigenvalue weighted by Crippen LogP contribution is -2.27. The van der Waals surface area contributed by atoms with Crippen molar-refractivity contribution in [3.8, 4) is 0 Å². The molecule has 0 aliphatic rings. The van der Waals surface area contributed by atoms with Gasteiger partial charge in [0.15, 0.2) is 6.29 Å². The van der Waals surface area contributed by atoms with Crippen molar-refractivity contribution in [2.24, 2.45) is 0 Å². The van der Waals surface area contributed by atoms with Crippen molar-refractivity contribution in [1.29, 1.82) is 0 Å². The van der Waals surface area contributed by atoms with E-state index in [1.165, 1.54) is 23.1 Å². The molecule has 2 rings (SSSR count). The van der Waals surface area contributed by atoms with Crippen molar-refractivity contribution in [2.45, 2.75) is 6.92 Å². The highest BCUT2D eigenvalue weighted by Gasteiger charge is 2.22. The number of benzene rings is 2. The van der Waals surface area contributed by atoms with Crippen molar-refractivity contribution >= 4 is 36.3 Å². The Morgan fingerprint density at radius 1 is 0.958 bits per heavy atom. The van der Waals surface area contributed by atoms with E-state index in [9.17, 15) is 19.2 Å². The third-order valence-electron chi connectivity index (χ3n) is 3.29. The number of nitrogens with zero attached hydrogens (tertiary/aromatic N) is 1. The van der Waals surface area contributed by atoms with Crippen LogP contribution in [0, 0.1) is 0 Å². The van der Waals surface area contributed by atoms with Crippen LogP contribution in [0.3, 0.4) is 0 Å². The Balaban J connectivity index is 2.57. The second kappa shape index (κ2) is 7.82. The van der Waals surface area contributed by atoms with E-state index < -0.39 is 6.09 Å².